The normalized spacial score (nSPS) is 24.2. The second-order valence-corrected chi connectivity index (χ2v) is 4.94. The van der Waals surface area contributed by atoms with Crippen molar-refractivity contribution >= 4 is 23.8 Å². The Morgan fingerprint density at radius 3 is 2.83 bits per heavy atom. The number of carbonyl (C=O) groups is 2. The lowest BCUT2D eigenvalue weighted by atomic mass is 10.3. The fourth-order valence-corrected chi connectivity index (χ4v) is 2.57. The highest BCUT2D eigenvalue weighted by molar-refractivity contribution is 8.02. The molecule has 1 unspecified atom stereocenters. The molecule has 2 heterocycles. The summed E-state index contributed by atoms with van der Waals surface area (Å²) in [5.74, 6) is -0.343. The van der Waals surface area contributed by atoms with Gasteiger partial charge in [-0.2, -0.15) is 0 Å². The highest BCUT2D eigenvalue weighted by Crippen LogP contribution is 2.25. The van der Waals surface area contributed by atoms with Crippen molar-refractivity contribution < 1.29 is 14.3 Å². The third-order valence-corrected chi connectivity index (χ3v) is 3.53. The van der Waals surface area contributed by atoms with E-state index in [9.17, 15) is 9.59 Å². The van der Waals surface area contributed by atoms with Gasteiger partial charge in [-0.15, -0.1) is 0 Å². The van der Waals surface area contributed by atoms with Crippen molar-refractivity contribution in [3.05, 3.63) is 11.6 Å². The second-order valence-electron chi connectivity index (χ2n) is 3.99. The third kappa shape index (κ3) is 3.37. The number of thioether (sulfide) groups is 1. The molecule has 3 N–H and O–H groups in total. The fourth-order valence-electron chi connectivity index (χ4n) is 1.77. The zero-order valence-corrected chi connectivity index (χ0v) is 10.7. The largest absolute Gasteiger partial charge is 0.430 e. The van der Waals surface area contributed by atoms with Gasteiger partial charge in [0.05, 0.1) is 6.54 Å². The van der Waals surface area contributed by atoms with E-state index in [1.807, 2.05) is 4.90 Å². The van der Waals surface area contributed by atoms with Gasteiger partial charge in [0.1, 0.15) is 0 Å². The van der Waals surface area contributed by atoms with Crippen LogP contribution in [0.4, 0.5) is 4.79 Å². The van der Waals surface area contributed by atoms with Crippen LogP contribution in [0.2, 0.25) is 0 Å². The van der Waals surface area contributed by atoms with E-state index in [-0.39, 0.29) is 12.5 Å². The maximum absolute atomic E-state index is 11.7. The van der Waals surface area contributed by atoms with Crippen molar-refractivity contribution in [2.75, 3.05) is 32.7 Å². The zero-order valence-electron chi connectivity index (χ0n) is 9.87. The van der Waals surface area contributed by atoms with Crippen molar-refractivity contribution in [1.82, 2.24) is 15.1 Å². The average molecular weight is 272 g/mol. The molecule has 7 nitrogen and oxygen atoms in total. The van der Waals surface area contributed by atoms with Crippen molar-refractivity contribution in [3.8, 4) is 0 Å². The number of nitrogens with zero attached hydrogens (tertiary/aromatic N) is 2. The number of hydrogen-bond acceptors (Lipinski definition) is 6. The third-order valence-electron chi connectivity index (χ3n) is 2.69. The van der Waals surface area contributed by atoms with Gasteiger partial charge in [0.15, 0.2) is 0 Å². The summed E-state index contributed by atoms with van der Waals surface area (Å²) < 4.78 is 5.21. The molecule has 18 heavy (non-hydrogen) atoms. The van der Waals surface area contributed by atoms with E-state index in [0.29, 0.717) is 0 Å². The molecule has 0 aliphatic carbocycles. The molecule has 0 aromatic carbocycles. The summed E-state index contributed by atoms with van der Waals surface area (Å²) in [6.07, 6.45) is 1.51. The second kappa shape index (κ2) is 6.07. The van der Waals surface area contributed by atoms with Crippen LogP contribution in [0.25, 0.3) is 0 Å². The highest BCUT2D eigenvalue weighted by atomic mass is 32.2. The van der Waals surface area contributed by atoms with Gasteiger partial charge in [0, 0.05) is 32.4 Å². The first kappa shape index (κ1) is 13.2. The summed E-state index contributed by atoms with van der Waals surface area (Å²) in [5, 5.41) is 4.88. The van der Waals surface area contributed by atoms with Gasteiger partial charge in [0.2, 0.25) is 5.56 Å². The van der Waals surface area contributed by atoms with E-state index >= 15 is 0 Å². The van der Waals surface area contributed by atoms with E-state index < -0.39 is 11.6 Å². The Labute approximate surface area is 109 Å². The van der Waals surface area contributed by atoms with E-state index in [1.54, 1.807) is 5.41 Å². The standard InChI is InChI=1S/C10H16N4O3S/c11-9(16)14-5-6-18-10(14)17-8(15)7-13-3-1-12-2-4-13/h5-6,10,12H,1-4,7H2,(H2,11,16). The molecular weight excluding hydrogens is 256 g/mol. The lowest BCUT2D eigenvalue weighted by Gasteiger charge is -2.27. The van der Waals surface area contributed by atoms with Gasteiger partial charge in [-0.1, -0.05) is 11.8 Å². The predicted molar refractivity (Wildman–Crippen MR) is 67.3 cm³/mol. The molecule has 0 radical (unpaired) electrons. The summed E-state index contributed by atoms with van der Waals surface area (Å²) in [4.78, 5) is 26.0. The van der Waals surface area contributed by atoms with E-state index in [4.69, 9.17) is 10.5 Å². The number of amides is 2. The SMILES string of the molecule is NC(=O)N1C=CSC1OC(=O)CN1CCNCC1. The first-order valence-electron chi connectivity index (χ1n) is 5.69. The van der Waals surface area contributed by atoms with Gasteiger partial charge >= 0.3 is 12.0 Å². The topological polar surface area (TPSA) is 87.9 Å². The molecule has 0 spiro atoms. The molecule has 100 valence electrons. The Morgan fingerprint density at radius 2 is 2.17 bits per heavy atom. The first-order valence-corrected chi connectivity index (χ1v) is 6.63. The van der Waals surface area contributed by atoms with Gasteiger partial charge in [0.25, 0.3) is 0 Å². The predicted octanol–water partition coefficient (Wildman–Crippen LogP) is -0.683. The van der Waals surface area contributed by atoms with E-state index in [2.05, 4.69) is 5.32 Å². The number of carbonyl (C=O) groups excluding carboxylic acids is 2. The van der Waals surface area contributed by atoms with Gasteiger partial charge < -0.3 is 15.8 Å². The number of nitrogens with two attached hydrogens (primary N) is 1. The van der Waals surface area contributed by atoms with E-state index in [0.717, 1.165) is 26.2 Å². The Balaban J connectivity index is 1.78. The molecule has 2 rings (SSSR count). The van der Waals surface area contributed by atoms with Crippen molar-refractivity contribution in [2.24, 2.45) is 5.73 Å². The number of piperazine rings is 1. The van der Waals surface area contributed by atoms with Crippen molar-refractivity contribution in [1.29, 1.82) is 0 Å². The minimum Gasteiger partial charge on any atom is -0.430 e. The summed E-state index contributed by atoms with van der Waals surface area (Å²) in [6.45, 7) is 3.64. The molecular formula is C10H16N4O3S. The van der Waals surface area contributed by atoms with Crippen LogP contribution < -0.4 is 11.1 Å². The van der Waals surface area contributed by atoms with Crippen molar-refractivity contribution in [2.45, 2.75) is 5.56 Å². The van der Waals surface area contributed by atoms with Crippen LogP contribution in [-0.4, -0.2) is 60.1 Å². The number of primary amides is 1. The van der Waals surface area contributed by atoms with Gasteiger partial charge in [-0.25, -0.2) is 4.79 Å². The summed E-state index contributed by atoms with van der Waals surface area (Å²) in [7, 11) is 0. The molecule has 0 bridgehead atoms. The molecule has 0 aromatic rings. The number of nitrogens with one attached hydrogen (secondary N) is 1. The number of hydrogen-bond donors (Lipinski definition) is 2. The van der Waals surface area contributed by atoms with Gasteiger partial charge in [-0.05, 0) is 5.41 Å². The lowest BCUT2D eigenvalue weighted by molar-refractivity contribution is -0.149. The molecule has 2 aliphatic rings. The number of ether oxygens (including phenoxy) is 1. The molecule has 1 fully saturated rings. The smallest absolute Gasteiger partial charge is 0.322 e. The summed E-state index contributed by atoms with van der Waals surface area (Å²) in [6, 6.07) is -0.628. The average Bonchev–Trinajstić information content (AvgIpc) is 2.78. The van der Waals surface area contributed by atoms with Crippen LogP contribution in [0.5, 0.6) is 0 Å². The van der Waals surface area contributed by atoms with Crippen LogP contribution in [-0.2, 0) is 9.53 Å². The zero-order chi connectivity index (χ0) is 13.0. The molecule has 2 aliphatic heterocycles. The quantitative estimate of drug-likeness (QED) is 0.662. The maximum atomic E-state index is 11.7. The van der Waals surface area contributed by atoms with Crippen LogP contribution in [0.3, 0.4) is 0 Å². The number of urea groups is 1. The van der Waals surface area contributed by atoms with Crippen LogP contribution in [0, 0.1) is 0 Å². The van der Waals surface area contributed by atoms with Crippen LogP contribution >= 0.6 is 11.8 Å². The molecule has 0 aromatic heterocycles. The van der Waals surface area contributed by atoms with E-state index in [1.165, 1.54) is 22.9 Å². The minimum absolute atomic E-state index is 0.241. The molecule has 1 atom stereocenters. The highest BCUT2D eigenvalue weighted by Gasteiger charge is 2.28. The Kier molecular flexibility index (Phi) is 4.45. The Hall–Kier alpha value is -1.25. The van der Waals surface area contributed by atoms with Crippen molar-refractivity contribution in [3.63, 3.8) is 0 Å². The van der Waals surface area contributed by atoms with Crippen LogP contribution in [0.1, 0.15) is 0 Å². The monoisotopic (exact) mass is 272 g/mol. The Morgan fingerprint density at radius 1 is 1.44 bits per heavy atom. The molecule has 0 saturated carbocycles. The lowest BCUT2D eigenvalue weighted by Crippen LogP contribution is -2.46. The first-order chi connectivity index (χ1) is 8.66. The molecule has 1 saturated heterocycles. The molecule has 8 heteroatoms. The Bertz CT molecular complexity index is 357. The summed E-state index contributed by atoms with van der Waals surface area (Å²) >= 11 is 1.24. The maximum Gasteiger partial charge on any atom is 0.322 e. The fraction of sp³-hybridized carbons (Fsp3) is 0.600. The number of esters is 1. The van der Waals surface area contributed by atoms with Crippen LogP contribution in [0.15, 0.2) is 11.6 Å². The van der Waals surface area contributed by atoms with Gasteiger partial charge in [-0.3, -0.25) is 14.6 Å². The summed E-state index contributed by atoms with van der Waals surface area (Å²) in [5.41, 5.74) is 4.49. The molecule has 2 amide bonds. The minimum atomic E-state index is -0.669. The number of rotatable bonds is 3.